The number of aliphatic imine (C=N–C) groups is 1. The van der Waals surface area contributed by atoms with E-state index < -0.39 is 0 Å². The maximum absolute atomic E-state index is 13.0. The Morgan fingerprint density at radius 2 is 1.56 bits per heavy atom. The van der Waals surface area contributed by atoms with E-state index in [1.165, 1.54) is 12.1 Å². The Bertz CT molecular complexity index is 918. The van der Waals surface area contributed by atoms with Gasteiger partial charge in [0, 0.05) is 16.1 Å². The number of hydrogen-bond donors (Lipinski definition) is 0. The van der Waals surface area contributed by atoms with Gasteiger partial charge in [0.05, 0.1) is 6.54 Å². The van der Waals surface area contributed by atoms with Gasteiger partial charge in [0.15, 0.2) is 0 Å². The Kier molecular flexibility index (Phi) is 5.61. The molecule has 3 aromatic rings. The van der Waals surface area contributed by atoms with E-state index in [2.05, 4.69) is 16.8 Å². The molecule has 3 heteroatoms. The summed E-state index contributed by atoms with van der Waals surface area (Å²) in [5.74, 6) is 6.00. The van der Waals surface area contributed by atoms with Gasteiger partial charge in [-0.1, -0.05) is 60.0 Å². The standard InChI is InChI=1S/C22H15ClFN/c23-20-11-6-17(7-12-20)10-15-22(19-4-2-1-3-5-19)25-16-18-8-13-21(24)14-9-18/h1-9,11-14H,16H2. The third-order valence-electron chi connectivity index (χ3n) is 3.55. The molecule has 25 heavy (non-hydrogen) atoms. The second-order valence-corrected chi connectivity index (χ2v) is 5.85. The molecule has 0 aromatic heterocycles. The van der Waals surface area contributed by atoms with Gasteiger partial charge in [0.1, 0.15) is 11.5 Å². The van der Waals surface area contributed by atoms with Crippen molar-refractivity contribution in [2.75, 3.05) is 0 Å². The Morgan fingerprint density at radius 1 is 0.880 bits per heavy atom. The second kappa shape index (κ2) is 8.28. The van der Waals surface area contributed by atoms with Crippen molar-refractivity contribution in [3.8, 4) is 11.8 Å². The first-order chi connectivity index (χ1) is 12.2. The zero-order chi connectivity index (χ0) is 17.5. The molecule has 0 spiro atoms. The topological polar surface area (TPSA) is 12.4 Å². The van der Waals surface area contributed by atoms with Crippen molar-refractivity contribution in [1.29, 1.82) is 0 Å². The lowest BCUT2D eigenvalue weighted by molar-refractivity contribution is 0.627. The number of benzene rings is 3. The maximum atomic E-state index is 13.0. The average Bonchev–Trinajstić information content (AvgIpc) is 2.65. The molecule has 0 radical (unpaired) electrons. The normalized spacial score (nSPS) is 10.9. The zero-order valence-corrected chi connectivity index (χ0v) is 14.2. The summed E-state index contributed by atoms with van der Waals surface area (Å²) in [6.07, 6.45) is 0. The summed E-state index contributed by atoms with van der Waals surface area (Å²) in [4.78, 5) is 4.62. The van der Waals surface area contributed by atoms with Gasteiger partial charge >= 0.3 is 0 Å². The van der Waals surface area contributed by atoms with Gasteiger partial charge in [-0.2, -0.15) is 0 Å². The predicted octanol–water partition coefficient (Wildman–Crippen LogP) is 5.52. The van der Waals surface area contributed by atoms with Crippen LogP contribution in [-0.2, 0) is 6.54 Å². The highest BCUT2D eigenvalue weighted by Crippen LogP contribution is 2.10. The van der Waals surface area contributed by atoms with Crippen LogP contribution >= 0.6 is 11.6 Å². The first-order valence-corrected chi connectivity index (χ1v) is 8.20. The average molecular weight is 348 g/mol. The van der Waals surface area contributed by atoms with E-state index in [1.807, 2.05) is 54.6 Å². The highest BCUT2D eigenvalue weighted by atomic mass is 35.5. The number of hydrogen-bond acceptors (Lipinski definition) is 1. The van der Waals surface area contributed by atoms with Gasteiger partial charge in [0.25, 0.3) is 0 Å². The van der Waals surface area contributed by atoms with Crippen molar-refractivity contribution in [1.82, 2.24) is 0 Å². The molecular formula is C22H15ClFN. The van der Waals surface area contributed by atoms with Crippen LogP contribution in [0.1, 0.15) is 16.7 Å². The van der Waals surface area contributed by atoms with Gasteiger partial charge in [-0.15, -0.1) is 0 Å². The van der Waals surface area contributed by atoms with E-state index in [0.29, 0.717) is 17.3 Å². The fraction of sp³-hybridized carbons (Fsp3) is 0.0455. The first kappa shape index (κ1) is 17.0. The molecule has 0 unspecified atom stereocenters. The van der Waals surface area contributed by atoms with Crippen LogP contribution in [0, 0.1) is 17.7 Å². The zero-order valence-electron chi connectivity index (χ0n) is 13.4. The molecule has 0 heterocycles. The third-order valence-corrected chi connectivity index (χ3v) is 3.80. The van der Waals surface area contributed by atoms with Crippen molar-refractivity contribution >= 4 is 17.3 Å². The van der Waals surface area contributed by atoms with E-state index in [-0.39, 0.29) is 5.82 Å². The molecule has 0 amide bonds. The first-order valence-electron chi connectivity index (χ1n) is 7.82. The van der Waals surface area contributed by atoms with Gasteiger partial charge in [-0.3, -0.25) is 4.99 Å². The van der Waals surface area contributed by atoms with Crippen LogP contribution in [0.25, 0.3) is 0 Å². The van der Waals surface area contributed by atoms with Crippen LogP contribution < -0.4 is 0 Å². The molecule has 0 atom stereocenters. The Balaban J connectivity index is 1.89. The summed E-state index contributed by atoms with van der Waals surface area (Å²) in [5.41, 5.74) is 3.45. The molecule has 0 aliphatic heterocycles. The molecule has 0 N–H and O–H groups in total. The van der Waals surface area contributed by atoms with Gasteiger partial charge in [-0.05, 0) is 47.9 Å². The van der Waals surface area contributed by atoms with Gasteiger partial charge in [-0.25, -0.2) is 4.39 Å². The van der Waals surface area contributed by atoms with Crippen LogP contribution in [0.2, 0.25) is 5.02 Å². The number of halogens is 2. The molecule has 3 aromatic carbocycles. The fourth-order valence-electron chi connectivity index (χ4n) is 2.22. The summed E-state index contributed by atoms with van der Waals surface area (Å²) in [5, 5.41) is 0.679. The summed E-state index contributed by atoms with van der Waals surface area (Å²) < 4.78 is 13.0. The van der Waals surface area contributed by atoms with Crippen molar-refractivity contribution in [3.05, 3.63) is 106 Å². The molecule has 0 aliphatic carbocycles. The largest absolute Gasteiger partial charge is 0.271 e. The molecule has 0 fully saturated rings. The van der Waals surface area contributed by atoms with Crippen LogP contribution in [0.5, 0.6) is 0 Å². The molecule has 0 saturated heterocycles. The summed E-state index contributed by atoms with van der Waals surface area (Å²) >= 11 is 5.90. The van der Waals surface area contributed by atoms with Crippen molar-refractivity contribution in [2.24, 2.45) is 4.99 Å². The van der Waals surface area contributed by atoms with E-state index in [9.17, 15) is 4.39 Å². The molecule has 0 aliphatic rings. The smallest absolute Gasteiger partial charge is 0.123 e. The molecule has 0 saturated carbocycles. The monoisotopic (exact) mass is 347 g/mol. The van der Waals surface area contributed by atoms with Crippen LogP contribution in [0.3, 0.4) is 0 Å². The Labute approximate surface area is 151 Å². The minimum Gasteiger partial charge on any atom is -0.271 e. The van der Waals surface area contributed by atoms with E-state index in [1.54, 1.807) is 12.1 Å². The maximum Gasteiger partial charge on any atom is 0.123 e. The van der Waals surface area contributed by atoms with Gasteiger partial charge in [0.2, 0.25) is 0 Å². The Morgan fingerprint density at radius 3 is 2.24 bits per heavy atom. The van der Waals surface area contributed by atoms with E-state index >= 15 is 0 Å². The highest BCUT2D eigenvalue weighted by molar-refractivity contribution is 6.30. The molecule has 122 valence electrons. The molecule has 3 rings (SSSR count). The van der Waals surface area contributed by atoms with Crippen molar-refractivity contribution in [3.63, 3.8) is 0 Å². The molecular weight excluding hydrogens is 333 g/mol. The lowest BCUT2D eigenvalue weighted by atomic mass is 10.1. The molecule has 1 nitrogen and oxygen atoms in total. The fourth-order valence-corrected chi connectivity index (χ4v) is 2.35. The Hall–Kier alpha value is -2.89. The summed E-state index contributed by atoms with van der Waals surface area (Å²) in [6.45, 7) is 0.444. The van der Waals surface area contributed by atoms with Crippen molar-refractivity contribution in [2.45, 2.75) is 6.54 Å². The highest BCUT2D eigenvalue weighted by Gasteiger charge is 2.00. The SMILES string of the molecule is Fc1ccc(CN=C(C#Cc2ccc(Cl)cc2)c2ccccc2)cc1. The summed E-state index contributed by atoms with van der Waals surface area (Å²) in [6, 6.07) is 23.5. The minimum atomic E-state index is -0.251. The van der Waals surface area contributed by atoms with E-state index in [0.717, 1.165) is 16.7 Å². The minimum absolute atomic E-state index is 0.251. The predicted molar refractivity (Wildman–Crippen MR) is 101 cm³/mol. The quantitative estimate of drug-likeness (QED) is 0.437. The lowest BCUT2D eigenvalue weighted by Crippen LogP contribution is -1.99. The lowest BCUT2D eigenvalue weighted by Gasteiger charge is -2.01. The third kappa shape index (κ3) is 5.04. The van der Waals surface area contributed by atoms with Crippen LogP contribution in [0.4, 0.5) is 4.39 Å². The number of rotatable bonds is 3. The van der Waals surface area contributed by atoms with E-state index in [4.69, 9.17) is 11.6 Å². The van der Waals surface area contributed by atoms with Gasteiger partial charge < -0.3 is 0 Å². The molecule has 0 bridgehead atoms. The second-order valence-electron chi connectivity index (χ2n) is 5.41. The number of nitrogens with zero attached hydrogens (tertiary/aromatic N) is 1. The van der Waals surface area contributed by atoms with Crippen LogP contribution in [0.15, 0.2) is 83.9 Å². The summed E-state index contributed by atoms with van der Waals surface area (Å²) in [7, 11) is 0. The van der Waals surface area contributed by atoms with Crippen LogP contribution in [-0.4, -0.2) is 5.71 Å². The van der Waals surface area contributed by atoms with Crippen molar-refractivity contribution < 1.29 is 4.39 Å².